The van der Waals surface area contributed by atoms with Crippen molar-refractivity contribution in [3.05, 3.63) is 93.3 Å². The standard InChI is InChI=1S/C28H24F3NO5/c1-3-34-22-6-4-5-7-23(22)36-26-24(33)19-12-13-21-20(25(19)37-27(26)28(29,30)31)15-32(16-35-21)14-18-10-8-17(2)9-11-18/h4-13H,3,14-16H2,1-2H3. The van der Waals surface area contributed by atoms with E-state index in [2.05, 4.69) is 0 Å². The summed E-state index contributed by atoms with van der Waals surface area (Å²) in [5.41, 5.74) is 1.42. The number of benzene rings is 3. The van der Waals surface area contributed by atoms with Crippen LogP contribution in [0.2, 0.25) is 0 Å². The average Bonchev–Trinajstić information content (AvgIpc) is 2.87. The molecule has 5 rings (SSSR count). The van der Waals surface area contributed by atoms with E-state index in [-0.39, 0.29) is 42.4 Å². The first-order valence-corrected chi connectivity index (χ1v) is 11.7. The van der Waals surface area contributed by atoms with Crippen LogP contribution in [-0.2, 0) is 19.3 Å². The number of rotatable bonds is 6. The lowest BCUT2D eigenvalue weighted by Gasteiger charge is -2.29. The van der Waals surface area contributed by atoms with Gasteiger partial charge in [0.15, 0.2) is 11.5 Å². The zero-order valence-electron chi connectivity index (χ0n) is 20.2. The van der Waals surface area contributed by atoms with Gasteiger partial charge in [0.1, 0.15) is 18.1 Å². The van der Waals surface area contributed by atoms with E-state index in [9.17, 15) is 18.0 Å². The summed E-state index contributed by atoms with van der Waals surface area (Å²) < 4.78 is 64.6. The highest BCUT2D eigenvalue weighted by atomic mass is 19.4. The molecule has 2 heterocycles. The van der Waals surface area contributed by atoms with Crippen LogP contribution in [-0.4, -0.2) is 18.2 Å². The number of nitrogens with zero attached hydrogens (tertiary/aromatic N) is 1. The first kappa shape index (κ1) is 24.7. The number of hydrogen-bond acceptors (Lipinski definition) is 6. The molecule has 1 aromatic heterocycles. The van der Waals surface area contributed by atoms with Gasteiger partial charge in [-0.05, 0) is 43.7 Å². The lowest BCUT2D eigenvalue weighted by atomic mass is 10.1. The van der Waals surface area contributed by atoms with Crippen molar-refractivity contribution in [1.82, 2.24) is 4.90 Å². The molecule has 1 aliphatic rings. The Kier molecular flexibility index (Phi) is 6.55. The van der Waals surface area contributed by atoms with E-state index in [4.69, 9.17) is 18.6 Å². The predicted molar refractivity (Wildman–Crippen MR) is 131 cm³/mol. The van der Waals surface area contributed by atoms with Crippen molar-refractivity contribution in [2.45, 2.75) is 33.1 Å². The Balaban J connectivity index is 1.58. The molecular weight excluding hydrogens is 487 g/mol. The van der Waals surface area contributed by atoms with E-state index in [0.717, 1.165) is 11.1 Å². The summed E-state index contributed by atoms with van der Waals surface area (Å²) in [7, 11) is 0. The molecule has 0 N–H and O–H groups in total. The van der Waals surface area contributed by atoms with Gasteiger partial charge in [0.25, 0.3) is 5.76 Å². The minimum atomic E-state index is -4.98. The number of halogens is 3. The summed E-state index contributed by atoms with van der Waals surface area (Å²) in [6, 6.07) is 17.1. The van der Waals surface area contributed by atoms with E-state index in [1.54, 1.807) is 31.2 Å². The topological polar surface area (TPSA) is 61.1 Å². The first-order chi connectivity index (χ1) is 17.7. The first-order valence-electron chi connectivity index (χ1n) is 11.7. The molecule has 192 valence electrons. The van der Waals surface area contributed by atoms with Gasteiger partial charge in [-0.1, -0.05) is 42.0 Å². The lowest BCUT2D eigenvalue weighted by Crippen LogP contribution is -2.32. The van der Waals surface area contributed by atoms with E-state index < -0.39 is 23.1 Å². The lowest BCUT2D eigenvalue weighted by molar-refractivity contribution is -0.154. The average molecular weight is 511 g/mol. The van der Waals surface area contributed by atoms with Crippen molar-refractivity contribution in [1.29, 1.82) is 0 Å². The zero-order chi connectivity index (χ0) is 26.2. The smallest absolute Gasteiger partial charge is 0.453 e. The fraction of sp³-hybridized carbons (Fsp3) is 0.250. The molecule has 4 aromatic rings. The van der Waals surface area contributed by atoms with E-state index in [1.165, 1.54) is 12.1 Å². The van der Waals surface area contributed by atoms with Crippen molar-refractivity contribution in [3.63, 3.8) is 0 Å². The van der Waals surface area contributed by atoms with Crippen molar-refractivity contribution < 1.29 is 31.8 Å². The quantitative estimate of drug-likeness (QED) is 0.288. The summed E-state index contributed by atoms with van der Waals surface area (Å²) in [6.45, 7) is 5.00. The number of para-hydroxylation sites is 2. The van der Waals surface area contributed by atoms with Crippen LogP contribution in [0, 0.1) is 6.92 Å². The molecule has 0 fully saturated rings. The molecule has 37 heavy (non-hydrogen) atoms. The highest BCUT2D eigenvalue weighted by molar-refractivity contribution is 5.84. The van der Waals surface area contributed by atoms with E-state index in [0.29, 0.717) is 17.9 Å². The van der Waals surface area contributed by atoms with Gasteiger partial charge in [-0.15, -0.1) is 0 Å². The molecule has 3 aromatic carbocycles. The van der Waals surface area contributed by atoms with Gasteiger partial charge in [0, 0.05) is 13.1 Å². The van der Waals surface area contributed by atoms with Crippen LogP contribution in [0.25, 0.3) is 11.0 Å². The number of fused-ring (bicyclic) bond motifs is 3. The Morgan fingerprint density at radius 2 is 1.73 bits per heavy atom. The van der Waals surface area contributed by atoms with Gasteiger partial charge in [0.2, 0.25) is 11.2 Å². The summed E-state index contributed by atoms with van der Waals surface area (Å²) >= 11 is 0. The summed E-state index contributed by atoms with van der Waals surface area (Å²) in [5, 5.41) is -0.0311. The highest BCUT2D eigenvalue weighted by Crippen LogP contribution is 2.42. The Bertz CT molecular complexity index is 1500. The van der Waals surface area contributed by atoms with Gasteiger partial charge < -0.3 is 18.6 Å². The van der Waals surface area contributed by atoms with Crippen molar-refractivity contribution in [2.75, 3.05) is 13.3 Å². The molecule has 0 aliphatic carbocycles. The van der Waals surface area contributed by atoms with E-state index in [1.807, 2.05) is 36.1 Å². The van der Waals surface area contributed by atoms with Gasteiger partial charge in [-0.3, -0.25) is 9.69 Å². The molecule has 0 atom stereocenters. The molecule has 0 saturated carbocycles. The summed E-state index contributed by atoms with van der Waals surface area (Å²) in [5.74, 6) is -1.89. The molecular formula is C28H24F3NO5. The van der Waals surface area contributed by atoms with Crippen LogP contribution in [0.5, 0.6) is 23.0 Å². The SMILES string of the molecule is CCOc1ccccc1Oc1c(C(F)(F)F)oc2c3c(ccc2c1=O)OCN(Cc1ccc(C)cc1)C3. The molecule has 9 heteroatoms. The predicted octanol–water partition coefficient (Wildman–Crippen LogP) is 6.66. The number of hydrogen-bond donors (Lipinski definition) is 0. The summed E-state index contributed by atoms with van der Waals surface area (Å²) in [6.07, 6.45) is -4.98. The molecule has 0 bridgehead atoms. The highest BCUT2D eigenvalue weighted by Gasteiger charge is 2.41. The van der Waals surface area contributed by atoms with Crippen LogP contribution in [0.1, 0.15) is 29.4 Å². The van der Waals surface area contributed by atoms with Gasteiger partial charge in [-0.2, -0.15) is 13.2 Å². The molecule has 6 nitrogen and oxygen atoms in total. The third kappa shape index (κ3) is 4.99. The minimum absolute atomic E-state index is 0.0212. The molecule has 0 amide bonds. The maximum atomic E-state index is 14.2. The van der Waals surface area contributed by atoms with Crippen LogP contribution in [0.15, 0.2) is 69.9 Å². The maximum absolute atomic E-state index is 14.2. The Morgan fingerprint density at radius 3 is 2.43 bits per heavy atom. The van der Waals surface area contributed by atoms with Gasteiger partial charge >= 0.3 is 6.18 Å². The van der Waals surface area contributed by atoms with Crippen molar-refractivity contribution in [3.8, 4) is 23.0 Å². The van der Waals surface area contributed by atoms with E-state index >= 15 is 0 Å². The third-order valence-electron chi connectivity index (χ3n) is 6.01. The second-order valence-electron chi connectivity index (χ2n) is 8.73. The number of ether oxygens (including phenoxy) is 3. The monoisotopic (exact) mass is 511 g/mol. The van der Waals surface area contributed by atoms with Crippen molar-refractivity contribution in [2.24, 2.45) is 0 Å². The van der Waals surface area contributed by atoms with Gasteiger partial charge in [0.05, 0.1) is 17.6 Å². The minimum Gasteiger partial charge on any atom is -0.490 e. The fourth-order valence-electron chi connectivity index (χ4n) is 4.25. The third-order valence-corrected chi connectivity index (χ3v) is 6.01. The molecule has 0 spiro atoms. The number of aryl methyl sites for hydroxylation is 1. The Morgan fingerprint density at radius 1 is 1.00 bits per heavy atom. The van der Waals surface area contributed by atoms with Crippen LogP contribution < -0.4 is 19.6 Å². The van der Waals surface area contributed by atoms with Crippen LogP contribution in [0.3, 0.4) is 0 Å². The maximum Gasteiger partial charge on any atom is 0.453 e. The molecule has 1 aliphatic heterocycles. The van der Waals surface area contributed by atoms with Gasteiger partial charge in [-0.25, -0.2) is 0 Å². The fourth-order valence-corrected chi connectivity index (χ4v) is 4.25. The Hall–Kier alpha value is -3.98. The normalized spacial score (nSPS) is 13.8. The summed E-state index contributed by atoms with van der Waals surface area (Å²) in [4.78, 5) is 15.3. The van der Waals surface area contributed by atoms with Crippen LogP contribution in [0.4, 0.5) is 13.2 Å². The Labute approximate surface area is 210 Å². The second-order valence-corrected chi connectivity index (χ2v) is 8.73. The molecule has 0 unspecified atom stereocenters. The molecule has 0 radical (unpaired) electrons. The van der Waals surface area contributed by atoms with Crippen molar-refractivity contribution >= 4 is 11.0 Å². The van der Waals surface area contributed by atoms with Crippen LogP contribution >= 0.6 is 0 Å². The zero-order valence-corrected chi connectivity index (χ0v) is 20.2. The number of alkyl halides is 3. The largest absolute Gasteiger partial charge is 0.490 e. The second kappa shape index (κ2) is 9.82. The molecule has 0 saturated heterocycles.